The zero-order valence-corrected chi connectivity index (χ0v) is 14.1. The van der Waals surface area contributed by atoms with Gasteiger partial charge in [0.15, 0.2) is 0 Å². The molecule has 118 valence electrons. The van der Waals surface area contributed by atoms with Crippen molar-refractivity contribution < 1.29 is 4.74 Å². The minimum absolute atomic E-state index is 0.0862. The van der Waals surface area contributed by atoms with E-state index in [1.54, 1.807) is 10.8 Å². The second-order valence-corrected chi connectivity index (χ2v) is 6.09. The Kier molecular flexibility index (Phi) is 4.25. The van der Waals surface area contributed by atoms with Crippen molar-refractivity contribution in [3.8, 4) is 21.3 Å². The van der Waals surface area contributed by atoms with Gasteiger partial charge < -0.3 is 4.74 Å². The monoisotopic (exact) mass is 327 g/mol. The molecule has 0 unspecified atom stereocenters. The van der Waals surface area contributed by atoms with Gasteiger partial charge in [0, 0.05) is 17.3 Å². The highest BCUT2D eigenvalue weighted by atomic mass is 32.1. The van der Waals surface area contributed by atoms with E-state index in [-0.39, 0.29) is 5.56 Å². The Morgan fingerprint density at radius 3 is 2.61 bits per heavy atom. The van der Waals surface area contributed by atoms with Crippen LogP contribution in [0.25, 0.3) is 15.6 Å². The summed E-state index contributed by atoms with van der Waals surface area (Å²) in [6.07, 6.45) is 1.71. The van der Waals surface area contributed by atoms with E-state index in [1.165, 1.54) is 17.4 Å². The summed E-state index contributed by atoms with van der Waals surface area (Å²) in [6.45, 7) is 6.24. The first-order valence-corrected chi connectivity index (χ1v) is 8.17. The molecule has 2 heterocycles. The van der Waals surface area contributed by atoms with Crippen LogP contribution in [-0.4, -0.2) is 21.1 Å². The molecule has 2 aromatic heterocycles. The number of hydrogen-bond donors (Lipinski definition) is 0. The molecule has 3 aromatic rings. The Morgan fingerprint density at radius 2 is 1.96 bits per heavy atom. The Labute approximate surface area is 138 Å². The highest BCUT2D eigenvalue weighted by Gasteiger charge is 2.11. The van der Waals surface area contributed by atoms with E-state index < -0.39 is 0 Å². The average Bonchev–Trinajstić information content (AvgIpc) is 2.97. The first kappa shape index (κ1) is 15.4. The smallest absolute Gasteiger partial charge is 0.258 e. The van der Waals surface area contributed by atoms with Gasteiger partial charge in [-0.15, -0.1) is 0 Å². The predicted molar refractivity (Wildman–Crippen MR) is 91.6 cm³/mol. The van der Waals surface area contributed by atoms with Crippen LogP contribution in [-0.2, 0) is 0 Å². The Balaban J connectivity index is 1.96. The number of thiazole rings is 1. The van der Waals surface area contributed by atoms with E-state index in [0.29, 0.717) is 12.4 Å². The molecular formula is C17H17N3O2S. The van der Waals surface area contributed by atoms with Gasteiger partial charge in [-0.3, -0.25) is 9.36 Å². The molecule has 0 aliphatic heterocycles. The van der Waals surface area contributed by atoms with Crippen molar-refractivity contribution >= 4 is 11.3 Å². The van der Waals surface area contributed by atoms with Crippen molar-refractivity contribution in [1.29, 1.82) is 0 Å². The van der Waals surface area contributed by atoms with Gasteiger partial charge in [-0.05, 0) is 45.0 Å². The van der Waals surface area contributed by atoms with Crippen molar-refractivity contribution in [2.45, 2.75) is 20.8 Å². The van der Waals surface area contributed by atoms with Crippen molar-refractivity contribution in [2.75, 3.05) is 6.61 Å². The largest absolute Gasteiger partial charge is 0.494 e. The maximum atomic E-state index is 12.2. The van der Waals surface area contributed by atoms with Crippen molar-refractivity contribution in [2.24, 2.45) is 0 Å². The lowest BCUT2D eigenvalue weighted by molar-refractivity contribution is 0.340. The maximum Gasteiger partial charge on any atom is 0.258 e. The summed E-state index contributed by atoms with van der Waals surface area (Å²) >= 11 is 1.46. The van der Waals surface area contributed by atoms with Gasteiger partial charge in [-0.25, -0.2) is 9.97 Å². The molecule has 0 radical (unpaired) electrons. The minimum atomic E-state index is -0.0862. The Morgan fingerprint density at radius 1 is 1.22 bits per heavy atom. The predicted octanol–water partition coefficient (Wildman–Crippen LogP) is 3.37. The van der Waals surface area contributed by atoms with Gasteiger partial charge in [0.05, 0.1) is 12.8 Å². The molecule has 0 saturated heterocycles. The quantitative estimate of drug-likeness (QED) is 0.737. The van der Waals surface area contributed by atoms with Gasteiger partial charge in [0.25, 0.3) is 5.56 Å². The Hall–Kier alpha value is -2.47. The minimum Gasteiger partial charge on any atom is -0.494 e. The highest BCUT2D eigenvalue weighted by molar-refractivity contribution is 7.17. The van der Waals surface area contributed by atoms with Crippen LogP contribution in [0.15, 0.2) is 41.3 Å². The number of hydrogen-bond acceptors (Lipinski definition) is 5. The first-order chi connectivity index (χ1) is 11.1. The third-order valence-electron chi connectivity index (χ3n) is 3.34. The second-order valence-electron chi connectivity index (χ2n) is 5.08. The molecule has 3 rings (SSSR count). The normalized spacial score (nSPS) is 10.7. The molecule has 0 aliphatic rings. The van der Waals surface area contributed by atoms with Crippen molar-refractivity contribution in [3.63, 3.8) is 0 Å². The van der Waals surface area contributed by atoms with Crippen LogP contribution in [0, 0.1) is 13.8 Å². The standard InChI is InChI=1S/C17H17N3O2S/c1-4-22-14-7-5-13(6-8-14)17-18-10-16(23-17)20-12(3)19-11(2)9-15(20)21/h5-10H,4H2,1-3H3. The van der Waals surface area contributed by atoms with Gasteiger partial charge in [0.2, 0.25) is 0 Å². The molecular weight excluding hydrogens is 310 g/mol. The molecule has 0 aliphatic carbocycles. The maximum absolute atomic E-state index is 12.2. The Bertz CT molecular complexity index is 882. The number of benzene rings is 1. The summed E-state index contributed by atoms with van der Waals surface area (Å²) < 4.78 is 7.03. The topological polar surface area (TPSA) is 57.0 Å². The summed E-state index contributed by atoms with van der Waals surface area (Å²) in [7, 11) is 0. The van der Waals surface area contributed by atoms with Crippen LogP contribution in [0.5, 0.6) is 5.75 Å². The van der Waals surface area contributed by atoms with Crippen molar-refractivity contribution in [3.05, 3.63) is 58.4 Å². The van der Waals surface area contributed by atoms with E-state index >= 15 is 0 Å². The number of ether oxygens (including phenoxy) is 1. The van der Waals surface area contributed by atoms with Gasteiger partial charge in [-0.1, -0.05) is 11.3 Å². The lowest BCUT2D eigenvalue weighted by Crippen LogP contribution is -2.20. The van der Waals surface area contributed by atoms with E-state index in [9.17, 15) is 4.79 Å². The van der Waals surface area contributed by atoms with E-state index in [4.69, 9.17) is 4.74 Å². The van der Waals surface area contributed by atoms with Crippen LogP contribution in [0.2, 0.25) is 0 Å². The lowest BCUT2D eigenvalue weighted by Gasteiger charge is -2.06. The van der Waals surface area contributed by atoms with Gasteiger partial charge in [0.1, 0.15) is 21.6 Å². The SMILES string of the molecule is CCOc1ccc(-c2ncc(-n3c(C)nc(C)cc3=O)s2)cc1. The summed E-state index contributed by atoms with van der Waals surface area (Å²) in [5.41, 5.74) is 1.63. The zero-order valence-electron chi connectivity index (χ0n) is 13.2. The fourth-order valence-electron chi connectivity index (χ4n) is 2.37. The highest BCUT2D eigenvalue weighted by Crippen LogP contribution is 2.28. The fourth-order valence-corrected chi connectivity index (χ4v) is 3.35. The molecule has 6 heteroatoms. The van der Waals surface area contributed by atoms with Crippen LogP contribution >= 0.6 is 11.3 Å². The molecule has 0 N–H and O–H groups in total. The molecule has 1 aromatic carbocycles. The average molecular weight is 327 g/mol. The van der Waals surface area contributed by atoms with Crippen LogP contribution in [0.1, 0.15) is 18.4 Å². The third kappa shape index (κ3) is 3.17. The molecule has 0 amide bonds. The second kappa shape index (κ2) is 6.34. The molecule has 0 spiro atoms. The van der Waals surface area contributed by atoms with Gasteiger partial charge >= 0.3 is 0 Å². The van der Waals surface area contributed by atoms with Crippen LogP contribution in [0.3, 0.4) is 0 Å². The van der Waals surface area contributed by atoms with Gasteiger partial charge in [-0.2, -0.15) is 0 Å². The first-order valence-electron chi connectivity index (χ1n) is 7.35. The number of rotatable bonds is 4. The molecule has 0 bridgehead atoms. The fraction of sp³-hybridized carbons (Fsp3) is 0.235. The molecule has 0 saturated carbocycles. The van der Waals surface area contributed by atoms with Crippen LogP contribution < -0.4 is 10.3 Å². The van der Waals surface area contributed by atoms with E-state index in [2.05, 4.69) is 9.97 Å². The molecule has 23 heavy (non-hydrogen) atoms. The number of aromatic nitrogens is 3. The number of aryl methyl sites for hydroxylation is 2. The summed E-state index contributed by atoms with van der Waals surface area (Å²) in [4.78, 5) is 21.0. The number of nitrogens with zero attached hydrogens (tertiary/aromatic N) is 3. The summed E-state index contributed by atoms with van der Waals surface area (Å²) in [5.74, 6) is 1.50. The summed E-state index contributed by atoms with van der Waals surface area (Å²) in [5, 5.41) is 1.62. The third-order valence-corrected chi connectivity index (χ3v) is 4.37. The van der Waals surface area contributed by atoms with E-state index in [1.807, 2.05) is 45.0 Å². The van der Waals surface area contributed by atoms with Crippen LogP contribution in [0.4, 0.5) is 0 Å². The lowest BCUT2D eigenvalue weighted by atomic mass is 10.2. The summed E-state index contributed by atoms with van der Waals surface area (Å²) in [6, 6.07) is 9.31. The zero-order chi connectivity index (χ0) is 16.4. The molecule has 0 fully saturated rings. The van der Waals surface area contributed by atoms with E-state index in [0.717, 1.165) is 27.0 Å². The van der Waals surface area contributed by atoms with Crippen molar-refractivity contribution in [1.82, 2.24) is 14.5 Å². The molecule has 5 nitrogen and oxygen atoms in total. The molecule has 0 atom stereocenters.